The van der Waals surface area contributed by atoms with Crippen LogP contribution in [0.5, 0.6) is 5.75 Å². The zero-order chi connectivity index (χ0) is 22.4. The van der Waals surface area contributed by atoms with E-state index in [1.165, 1.54) is 0 Å². The van der Waals surface area contributed by atoms with Gasteiger partial charge < -0.3 is 19.9 Å². The quantitative estimate of drug-likeness (QED) is 0.709. The van der Waals surface area contributed by atoms with Crippen molar-refractivity contribution in [1.82, 2.24) is 10.2 Å². The molecule has 0 fully saturated rings. The van der Waals surface area contributed by atoms with Gasteiger partial charge in [-0.1, -0.05) is 56.3 Å². The number of hydrogen-bond acceptors (Lipinski definition) is 4. The zero-order valence-electron chi connectivity index (χ0n) is 18.9. The van der Waals surface area contributed by atoms with Crippen LogP contribution in [0.3, 0.4) is 0 Å². The molecule has 2 aromatic rings. The van der Waals surface area contributed by atoms with Gasteiger partial charge in [0.05, 0.1) is 25.2 Å². The van der Waals surface area contributed by atoms with Gasteiger partial charge in [-0.2, -0.15) is 0 Å². The second kappa shape index (κ2) is 10.3. The Hall–Kier alpha value is -3.02. The SMILES string of the molecule is CCN1C[C@@H](CN(C)C(=O)[C@@H](NC(=O)Cc2ccccc2)C(C)C)Oc2ccccc21. The van der Waals surface area contributed by atoms with Crippen molar-refractivity contribution >= 4 is 17.5 Å². The number of nitrogens with one attached hydrogen (secondary N) is 1. The number of benzene rings is 2. The Morgan fingerprint density at radius 3 is 2.48 bits per heavy atom. The highest BCUT2D eigenvalue weighted by Crippen LogP contribution is 2.32. The topological polar surface area (TPSA) is 61.9 Å². The van der Waals surface area contributed by atoms with Crippen molar-refractivity contribution in [3.05, 3.63) is 60.2 Å². The van der Waals surface area contributed by atoms with Crippen molar-refractivity contribution in [2.24, 2.45) is 5.92 Å². The fourth-order valence-electron chi connectivity index (χ4n) is 3.93. The number of fused-ring (bicyclic) bond motifs is 1. The molecule has 1 aliphatic heterocycles. The minimum Gasteiger partial charge on any atom is -0.485 e. The third-order valence-electron chi connectivity index (χ3n) is 5.62. The monoisotopic (exact) mass is 423 g/mol. The summed E-state index contributed by atoms with van der Waals surface area (Å²) < 4.78 is 6.16. The van der Waals surface area contributed by atoms with Crippen LogP contribution in [0.1, 0.15) is 26.3 Å². The molecular formula is C25H33N3O3. The number of carbonyl (C=O) groups excluding carboxylic acids is 2. The predicted octanol–water partition coefficient (Wildman–Crippen LogP) is 3.12. The highest BCUT2D eigenvalue weighted by molar-refractivity contribution is 5.88. The van der Waals surface area contributed by atoms with E-state index in [2.05, 4.69) is 23.2 Å². The van der Waals surface area contributed by atoms with E-state index < -0.39 is 6.04 Å². The summed E-state index contributed by atoms with van der Waals surface area (Å²) in [6.07, 6.45) is 0.131. The highest BCUT2D eigenvalue weighted by Gasteiger charge is 2.31. The molecule has 0 saturated carbocycles. The number of rotatable bonds is 8. The average molecular weight is 424 g/mol. The number of nitrogens with zero attached hydrogens (tertiary/aromatic N) is 2. The maximum Gasteiger partial charge on any atom is 0.245 e. The Morgan fingerprint density at radius 1 is 1.13 bits per heavy atom. The van der Waals surface area contributed by atoms with Crippen LogP contribution in [-0.2, 0) is 16.0 Å². The molecule has 0 spiro atoms. The number of amides is 2. The summed E-state index contributed by atoms with van der Waals surface area (Å²) >= 11 is 0. The maximum absolute atomic E-state index is 13.2. The standard InChI is InChI=1S/C25H33N3O3/c1-5-28-17-20(31-22-14-10-9-13-21(22)28)16-27(4)25(30)24(18(2)3)26-23(29)15-19-11-7-6-8-12-19/h6-14,18,20,24H,5,15-17H2,1-4H3,(H,26,29)/t20-,24+/m1/s1. The lowest BCUT2D eigenvalue weighted by Crippen LogP contribution is -2.53. The molecule has 3 rings (SSSR count). The average Bonchev–Trinajstić information content (AvgIpc) is 2.76. The summed E-state index contributed by atoms with van der Waals surface area (Å²) in [5, 5.41) is 2.94. The molecule has 2 aromatic carbocycles. The molecule has 0 radical (unpaired) electrons. The molecule has 2 atom stereocenters. The van der Waals surface area contributed by atoms with Crippen molar-refractivity contribution in [1.29, 1.82) is 0 Å². The first-order valence-electron chi connectivity index (χ1n) is 11.0. The van der Waals surface area contributed by atoms with Crippen molar-refractivity contribution in [2.75, 3.05) is 31.6 Å². The number of hydrogen-bond donors (Lipinski definition) is 1. The lowest BCUT2D eigenvalue weighted by Gasteiger charge is -2.37. The second-order valence-corrected chi connectivity index (χ2v) is 8.42. The minimum absolute atomic E-state index is 0.0187. The molecular weight excluding hydrogens is 390 g/mol. The molecule has 0 aliphatic carbocycles. The Kier molecular flexibility index (Phi) is 7.55. The van der Waals surface area contributed by atoms with E-state index in [4.69, 9.17) is 4.74 Å². The highest BCUT2D eigenvalue weighted by atomic mass is 16.5. The third-order valence-corrected chi connectivity index (χ3v) is 5.62. The molecule has 0 aromatic heterocycles. The smallest absolute Gasteiger partial charge is 0.245 e. The molecule has 2 amide bonds. The van der Waals surface area contributed by atoms with Crippen molar-refractivity contribution in [3.8, 4) is 5.75 Å². The van der Waals surface area contributed by atoms with Gasteiger partial charge in [0.25, 0.3) is 0 Å². The van der Waals surface area contributed by atoms with Gasteiger partial charge in [0.15, 0.2) is 0 Å². The summed E-state index contributed by atoms with van der Waals surface area (Å²) in [4.78, 5) is 29.7. The summed E-state index contributed by atoms with van der Waals surface area (Å²) in [5.41, 5.74) is 2.01. The Labute approximate surface area is 185 Å². The molecule has 1 heterocycles. The number of likely N-dealkylation sites (N-methyl/N-ethyl adjacent to an activating group) is 2. The Balaban J connectivity index is 1.62. The lowest BCUT2D eigenvalue weighted by molar-refractivity contribution is -0.137. The van der Waals surface area contributed by atoms with Gasteiger partial charge in [-0.25, -0.2) is 0 Å². The first kappa shape index (κ1) is 22.7. The fourth-order valence-corrected chi connectivity index (χ4v) is 3.93. The number of anilines is 1. The van der Waals surface area contributed by atoms with Crippen LogP contribution in [0, 0.1) is 5.92 Å². The first-order chi connectivity index (χ1) is 14.9. The van der Waals surface area contributed by atoms with Gasteiger partial charge in [-0.3, -0.25) is 9.59 Å². The van der Waals surface area contributed by atoms with Gasteiger partial charge >= 0.3 is 0 Å². The molecule has 0 unspecified atom stereocenters. The molecule has 6 nitrogen and oxygen atoms in total. The number of carbonyl (C=O) groups is 2. The molecule has 166 valence electrons. The van der Waals surface area contributed by atoms with Crippen LogP contribution in [0.25, 0.3) is 0 Å². The van der Waals surface area contributed by atoms with E-state index in [9.17, 15) is 9.59 Å². The van der Waals surface area contributed by atoms with Crippen LogP contribution in [0.4, 0.5) is 5.69 Å². The van der Waals surface area contributed by atoms with Gasteiger partial charge in [-0.15, -0.1) is 0 Å². The molecule has 1 N–H and O–H groups in total. The summed E-state index contributed by atoms with van der Waals surface area (Å²) in [6.45, 7) is 8.07. The van der Waals surface area contributed by atoms with E-state index in [0.717, 1.165) is 30.1 Å². The fraction of sp³-hybridized carbons (Fsp3) is 0.440. The van der Waals surface area contributed by atoms with Gasteiger partial charge in [0.2, 0.25) is 11.8 Å². The van der Waals surface area contributed by atoms with Gasteiger partial charge in [0, 0.05) is 13.6 Å². The summed E-state index contributed by atoms with van der Waals surface area (Å²) in [6, 6.07) is 17.0. The largest absolute Gasteiger partial charge is 0.485 e. The van der Waals surface area contributed by atoms with E-state index in [1.807, 2.05) is 62.4 Å². The maximum atomic E-state index is 13.2. The summed E-state index contributed by atoms with van der Waals surface area (Å²) in [7, 11) is 1.78. The minimum atomic E-state index is -0.570. The normalized spacial score (nSPS) is 16.3. The molecule has 31 heavy (non-hydrogen) atoms. The van der Waals surface area contributed by atoms with Crippen molar-refractivity contribution in [2.45, 2.75) is 39.3 Å². The van der Waals surface area contributed by atoms with Gasteiger partial charge in [0.1, 0.15) is 17.9 Å². The number of para-hydroxylation sites is 2. The predicted molar refractivity (Wildman–Crippen MR) is 123 cm³/mol. The Morgan fingerprint density at radius 2 is 1.81 bits per heavy atom. The lowest BCUT2D eigenvalue weighted by atomic mass is 10.0. The Bertz CT molecular complexity index is 885. The van der Waals surface area contributed by atoms with E-state index in [-0.39, 0.29) is 30.3 Å². The van der Waals surface area contributed by atoms with Crippen molar-refractivity contribution < 1.29 is 14.3 Å². The first-order valence-corrected chi connectivity index (χ1v) is 11.0. The van der Waals surface area contributed by atoms with Crippen LogP contribution >= 0.6 is 0 Å². The molecule has 1 aliphatic rings. The van der Waals surface area contributed by atoms with Crippen molar-refractivity contribution in [3.63, 3.8) is 0 Å². The number of ether oxygens (including phenoxy) is 1. The van der Waals surface area contributed by atoms with Crippen LogP contribution in [0.15, 0.2) is 54.6 Å². The third kappa shape index (κ3) is 5.78. The molecule has 6 heteroatoms. The van der Waals surface area contributed by atoms with Crippen LogP contribution < -0.4 is 15.0 Å². The van der Waals surface area contributed by atoms with E-state index in [1.54, 1.807) is 11.9 Å². The van der Waals surface area contributed by atoms with E-state index >= 15 is 0 Å². The molecule has 0 bridgehead atoms. The van der Waals surface area contributed by atoms with E-state index in [0.29, 0.717) is 6.54 Å². The van der Waals surface area contributed by atoms with Crippen LogP contribution in [0.2, 0.25) is 0 Å². The second-order valence-electron chi connectivity index (χ2n) is 8.42. The molecule has 0 saturated heterocycles. The zero-order valence-corrected chi connectivity index (χ0v) is 18.9. The summed E-state index contributed by atoms with van der Waals surface area (Å²) in [5.74, 6) is 0.585. The van der Waals surface area contributed by atoms with Crippen LogP contribution in [-0.4, -0.2) is 55.5 Å². The van der Waals surface area contributed by atoms with Gasteiger partial charge in [-0.05, 0) is 30.5 Å².